The standard InChI is InChI=1S/C22H26Cl2N2O3/c1-3-13-25-22(28)20(4-2)26(14-16-7-5-6-8-19(16)24)21(27)15-29-18-11-9-17(23)10-12-18/h5-12,20H,3-4,13-15H2,1-2H3,(H,25,28). The molecule has 29 heavy (non-hydrogen) atoms. The summed E-state index contributed by atoms with van der Waals surface area (Å²) >= 11 is 12.2. The van der Waals surface area contributed by atoms with Gasteiger partial charge in [0.25, 0.3) is 5.91 Å². The molecule has 2 amide bonds. The molecule has 0 spiro atoms. The summed E-state index contributed by atoms with van der Waals surface area (Å²) in [4.78, 5) is 27.2. The predicted octanol–water partition coefficient (Wildman–Crippen LogP) is 4.71. The van der Waals surface area contributed by atoms with Gasteiger partial charge >= 0.3 is 0 Å². The number of hydrogen-bond donors (Lipinski definition) is 1. The third-order valence-corrected chi connectivity index (χ3v) is 5.03. The molecular weight excluding hydrogens is 411 g/mol. The van der Waals surface area contributed by atoms with Crippen LogP contribution in [0.15, 0.2) is 48.5 Å². The molecule has 0 bridgehead atoms. The molecule has 2 aromatic rings. The Balaban J connectivity index is 2.19. The van der Waals surface area contributed by atoms with Gasteiger partial charge in [-0.3, -0.25) is 9.59 Å². The average Bonchev–Trinajstić information content (AvgIpc) is 2.72. The van der Waals surface area contributed by atoms with E-state index in [-0.39, 0.29) is 25.0 Å². The summed E-state index contributed by atoms with van der Waals surface area (Å²) in [6.07, 6.45) is 1.30. The van der Waals surface area contributed by atoms with Crippen LogP contribution in [0.5, 0.6) is 5.75 Å². The molecule has 0 aromatic heterocycles. The third-order valence-electron chi connectivity index (χ3n) is 4.41. The van der Waals surface area contributed by atoms with E-state index in [1.807, 2.05) is 32.0 Å². The number of nitrogens with one attached hydrogen (secondary N) is 1. The van der Waals surface area contributed by atoms with Crippen molar-refractivity contribution in [3.63, 3.8) is 0 Å². The summed E-state index contributed by atoms with van der Waals surface area (Å²) in [5.41, 5.74) is 0.774. The van der Waals surface area contributed by atoms with Gasteiger partial charge in [0.05, 0.1) is 0 Å². The van der Waals surface area contributed by atoms with Crippen molar-refractivity contribution in [2.45, 2.75) is 39.3 Å². The molecule has 1 N–H and O–H groups in total. The first-order valence-corrected chi connectivity index (χ1v) is 10.4. The number of amides is 2. The van der Waals surface area contributed by atoms with Crippen molar-refractivity contribution in [2.24, 2.45) is 0 Å². The van der Waals surface area contributed by atoms with E-state index in [2.05, 4.69) is 5.32 Å². The largest absolute Gasteiger partial charge is 0.484 e. The number of rotatable bonds is 10. The van der Waals surface area contributed by atoms with Crippen LogP contribution < -0.4 is 10.1 Å². The first-order chi connectivity index (χ1) is 14.0. The quantitative estimate of drug-likeness (QED) is 0.586. The van der Waals surface area contributed by atoms with Gasteiger partial charge in [0.2, 0.25) is 5.91 Å². The minimum atomic E-state index is -0.612. The fourth-order valence-electron chi connectivity index (χ4n) is 2.85. The Morgan fingerprint density at radius 1 is 1.07 bits per heavy atom. The third kappa shape index (κ3) is 6.94. The fraction of sp³-hybridized carbons (Fsp3) is 0.364. The highest BCUT2D eigenvalue weighted by atomic mass is 35.5. The Kier molecular flexibility index (Phi) is 9.29. The molecule has 0 radical (unpaired) electrons. The maximum atomic E-state index is 13.0. The molecule has 0 saturated heterocycles. The molecule has 0 heterocycles. The van der Waals surface area contributed by atoms with Gasteiger partial charge in [0.1, 0.15) is 11.8 Å². The maximum absolute atomic E-state index is 13.0. The second kappa shape index (κ2) is 11.7. The Morgan fingerprint density at radius 3 is 2.38 bits per heavy atom. The molecule has 2 rings (SSSR count). The zero-order valence-corrected chi connectivity index (χ0v) is 18.2. The molecule has 0 aliphatic heterocycles. The second-order valence-electron chi connectivity index (χ2n) is 6.57. The Labute approximate surface area is 181 Å². The Bertz CT molecular complexity index is 812. The van der Waals surface area contributed by atoms with E-state index >= 15 is 0 Å². The average molecular weight is 437 g/mol. The molecule has 0 aliphatic carbocycles. The number of ether oxygens (including phenoxy) is 1. The van der Waals surface area contributed by atoms with E-state index in [9.17, 15) is 9.59 Å². The molecule has 1 atom stereocenters. The molecule has 156 valence electrons. The highest BCUT2D eigenvalue weighted by Gasteiger charge is 2.29. The summed E-state index contributed by atoms with van der Waals surface area (Å²) in [7, 11) is 0. The van der Waals surface area contributed by atoms with Crippen molar-refractivity contribution in [1.29, 1.82) is 0 Å². The molecule has 0 fully saturated rings. The summed E-state index contributed by atoms with van der Waals surface area (Å²) in [5, 5.41) is 4.01. The smallest absolute Gasteiger partial charge is 0.261 e. The van der Waals surface area contributed by atoms with Gasteiger partial charge < -0.3 is 15.0 Å². The number of halogens is 2. The monoisotopic (exact) mass is 436 g/mol. The molecular formula is C22H26Cl2N2O3. The van der Waals surface area contributed by atoms with Crippen molar-refractivity contribution in [1.82, 2.24) is 10.2 Å². The van der Waals surface area contributed by atoms with Crippen molar-refractivity contribution in [3.8, 4) is 5.75 Å². The molecule has 0 saturated carbocycles. The van der Waals surface area contributed by atoms with E-state index in [0.29, 0.717) is 28.8 Å². The lowest BCUT2D eigenvalue weighted by molar-refractivity contribution is -0.143. The Morgan fingerprint density at radius 2 is 1.76 bits per heavy atom. The van der Waals surface area contributed by atoms with Crippen LogP contribution in [-0.2, 0) is 16.1 Å². The number of hydrogen-bond acceptors (Lipinski definition) is 3. The minimum absolute atomic E-state index is 0.179. The van der Waals surface area contributed by atoms with E-state index in [0.717, 1.165) is 12.0 Å². The molecule has 0 aliphatic rings. The first-order valence-electron chi connectivity index (χ1n) is 9.65. The number of carbonyl (C=O) groups is 2. The van der Waals surface area contributed by atoms with Crippen molar-refractivity contribution < 1.29 is 14.3 Å². The minimum Gasteiger partial charge on any atom is -0.484 e. The molecule has 1 unspecified atom stereocenters. The molecule has 7 heteroatoms. The topological polar surface area (TPSA) is 58.6 Å². The van der Waals surface area contributed by atoms with Crippen LogP contribution >= 0.6 is 23.2 Å². The molecule has 2 aromatic carbocycles. The highest BCUT2D eigenvalue weighted by molar-refractivity contribution is 6.31. The van der Waals surface area contributed by atoms with Gasteiger partial charge in [-0.15, -0.1) is 0 Å². The lowest BCUT2D eigenvalue weighted by Gasteiger charge is -2.30. The van der Waals surface area contributed by atoms with Crippen LogP contribution in [0.25, 0.3) is 0 Å². The maximum Gasteiger partial charge on any atom is 0.261 e. The molecule has 5 nitrogen and oxygen atoms in total. The van der Waals surface area contributed by atoms with Crippen molar-refractivity contribution in [3.05, 3.63) is 64.1 Å². The SMILES string of the molecule is CCCNC(=O)C(CC)N(Cc1ccccc1Cl)C(=O)COc1ccc(Cl)cc1. The van der Waals surface area contributed by atoms with E-state index < -0.39 is 6.04 Å². The van der Waals surface area contributed by atoms with E-state index in [1.165, 1.54) is 4.90 Å². The summed E-state index contributed by atoms with van der Waals surface area (Å²) < 4.78 is 5.61. The van der Waals surface area contributed by atoms with Gasteiger partial charge in [0.15, 0.2) is 6.61 Å². The zero-order valence-electron chi connectivity index (χ0n) is 16.7. The van der Waals surface area contributed by atoms with E-state index in [4.69, 9.17) is 27.9 Å². The number of carbonyl (C=O) groups excluding carboxylic acids is 2. The van der Waals surface area contributed by atoms with Gasteiger partial charge in [0, 0.05) is 23.1 Å². The van der Waals surface area contributed by atoms with Gasteiger partial charge in [-0.25, -0.2) is 0 Å². The van der Waals surface area contributed by atoms with Crippen molar-refractivity contribution >= 4 is 35.0 Å². The van der Waals surface area contributed by atoms with Gasteiger partial charge in [-0.2, -0.15) is 0 Å². The summed E-state index contributed by atoms with van der Waals surface area (Å²) in [5.74, 6) is 0.0588. The normalized spacial score (nSPS) is 11.6. The highest BCUT2D eigenvalue weighted by Crippen LogP contribution is 2.20. The van der Waals surface area contributed by atoms with Crippen LogP contribution in [0.3, 0.4) is 0 Å². The summed E-state index contributed by atoms with van der Waals surface area (Å²) in [6, 6.07) is 13.4. The lowest BCUT2D eigenvalue weighted by atomic mass is 10.1. The van der Waals surface area contributed by atoms with Gasteiger partial charge in [-0.05, 0) is 48.7 Å². The predicted molar refractivity (Wildman–Crippen MR) is 116 cm³/mol. The second-order valence-corrected chi connectivity index (χ2v) is 7.41. The number of nitrogens with zero attached hydrogens (tertiary/aromatic N) is 1. The van der Waals surface area contributed by atoms with Crippen molar-refractivity contribution in [2.75, 3.05) is 13.2 Å². The van der Waals surface area contributed by atoms with Crippen LogP contribution in [0.2, 0.25) is 10.0 Å². The van der Waals surface area contributed by atoms with Crippen LogP contribution in [0.4, 0.5) is 0 Å². The van der Waals surface area contributed by atoms with Gasteiger partial charge in [-0.1, -0.05) is 55.2 Å². The van der Waals surface area contributed by atoms with Crippen LogP contribution in [0.1, 0.15) is 32.3 Å². The number of benzene rings is 2. The fourth-order valence-corrected chi connectivity index (χ4v) is 3.18. The van der Waals surface area contributed by atoms with E-state index in [1.54, 1.807) is 30.3 Å². The summed E-state index contributed by atoms with van der Waals surface area (Å²) in [6.45, 7) is 4.45. The Hall–Kier alpha value is -2.24. The van der Waals surface area contributed by atoms with Crippen LogP contribution in [-0.4, -0.2) is 35.9 Å². The van der Waals surface area contributed by atoms with Crippen LogP contribution in [0, 0.1) is 0 Å². The lowest BCUT2D eigenvalue weighted by Crippen LogP contribution is -2.50. The first kappa shape index (κ1) is 23.0. The zero-order chi connectivity index (χ0) is 21.2.